The van der Waals surface area contributed by atoms with Crippen molar-refractivity contribution >= 4 is 0 Å². The number of halogens is 2. The summed E-state index contributed by atoms with van der Waals surface area (Å²) in [4.78, 5) is 3.69. The summed E-state index contributed by atoms with van der Waals surface area (Å²) < 4.78 is 31.2. The van der Waals surface area contributed by atoms with Crippen LogP contribution in [0.4, 0.5) is 8.78 Å². The van der Waals surface area contributed by atoms with Crippen molar-refractivity contribution in [2.45, 2.75) is 25.3 Å². The van der Waals surface area contributed by atoms with E-state index in [1.807, 2.05) is 4.90 Å². The Bertz CT molecular complexity index is 235. The van der Waals surface area contributed by atoms with Crippen molar-refractivity contribution in [3.63, 3.8) is 0 Å². The molecule has 1 radical (unpaired) electrons. The number of nitrogens with zero attached hydrogens (tertiary/aromatic N) is 2. The van der Waals surface area contributed by atoms with Gasteiger partial charge in [0.2, 0.25) is 0 Å². The molecule has 2 aliphatic rings. The van der Waals surface area contributed by atoms with Gasteiger partial charge in [-0.05, 0) is 18.8 Å². The van der Waals surface area contributed by atoms with Crippen molar-refractivity contribution in [2.75, 3.05) is 39.4 Å². The molecular formula is C12H21F2N2O. The third-order valence-corrected chi connectivity index (χ3v) is 3.74. The van der Waals surface area contributed by atoms with Gasteiger partial charge in [0, 0.05) is 46.4 Å². The first-order valence-corrected chi connectivity index (χ1v) is 6.32. The minimum Gasteiger partial charge on any atom is -0.381 e. The second-order valence-corrected chi connectivity index (χ2v) is 5.03. The average molecular weight is 247 g/mol. The maximum Gasteiger partial charge on any atom is 0.255 e. The molecule has 0 N–H and O–H groups in total. The van der Waals surface area contributed by atoms with E-state index in [4.69, 9.17) is 4.74 Å². The Balaban J connectivity index is 1.88. The number of hydrogen-bond donors (Lipinski definition) is 0. The molecule has 0 aromatic heterocycles. The lowest BCUT2D eigenvalue weighted by Gasteiger charge is -2.41. The van der Waals surface area contributed by atoms with E-state index < -0.39 is 12.5 Å². The zero-order chi connectivity index (χ0) is 12.3. The Kier molecular flexibility index (Phi) is 4.70. The molecule has 99 valence electrons. The molecule has 2 heterocycles. The summed E-state index contributed by atoms with van der Waals surface area (Å²) in [6, 6.07) is -0.649. The zero-order valence-corrected chi connectivity index (χ0v) is 10.2. The largest absolute Gasteiger partial charge is 0.381 e. The number of hydrogen-bond acceptors (Lipinski definition) is 3. The van der Waals surface area contributed by atoms with E-state index in [1.165, 1.54) is 0 Å². The first-order valence-electron chi connectivity index (χ1n) is 6.32. The lowest BCUT2D eigenvalue weighted by atomic mass is 9.98. The average Bonchev–Trinajstić information content (AvgIpc) is 2.32. The molecule has 2 fully saturated rings. The summed E-state index contributed by atoms with van der Waals surface area (Å²) in [5, 5.41) is 0. The van der Waals surface area contributed by atoms with Crippen molar-refractivity contribution in [1.82, 2.24) is 9.80 Å². The van der Waals surface area contributed by atoms with Crippen LogP contribution in [0.2, 0.25) is 0 Å². The quantitative estimate of drug-likeness (QED) is 0.751. The van der Waals surface area contributed by atoms with Crippen molar-refractivity contribution in [3.05, 3.63) is 7.05 Å². The van der Waals surface area contributed by atoms with Gasteiger partial charge in [0.05, 0.1) is 6.04 Å². The Morgan fingerprint density at radius 1 is 1.24 bits per heavy atom. The van der Waals surface area contributed by atoms with Crippen molar-refractivity contribution < 1.29 is 13.5 Å². The van der Waals surface area contributed by atoms with Crippen LogP contribution in [0.3, 0.4) is 0 Å². The van der Waals surface area contributed by atoms with Gasteiger partial charge in [-0.15, -0.1) is 0 Å². The fraction of sp³-hybridized carbons (Fsp3) is 0.917. The van der Waals surface area contributed by atoms with Gasteiger partial charge in [-0.1, -0.05) is 0 Å². The van der Waals surface area contributed by atoms with E-state index in [1.54, 1.807) is 4.90 Å². The van der Waals surface area contributed by atoms with E-state index in [-0.39, 0.29) is 0 Å². The van der Waals surface area contributed by atoms with Gasteiger partial charge in [-0.2, -0.15) is 0 Å². The molecule has 0 saturated carbocycles. The highest BCUT2D eigenvalue weighted by Gasteiger charge is 2.33. The van der Waals surface area contributed by atoms with Crippen LogP contribution in [-0.2, 0) is 4.74 Å². The van der Waals surface area contributed by atoms with Crippen LogP contribution >= 0.6 is 0 Å². The number of ether oxygens (including phenoxy) is 1. The van der Waals surface area contributed by atoms with Crippen molar-refractivity contribution in [1.29, 1.82) is 0 Å². The Morgan fingerprint density at radius 2 is 1.94 bits per heavy atom. The van der Waals surface area contributed by atoms with Crippen LogP contribution in [0.15, 0.2) is 0 Å². The highest BCUT2D eigenvalue weighted by Crippen LogP contribution is 2.22. The molecule has 0 aliphatic carbocycles. The maximum absolute atomic E-state index is 13.0. The highest BCUT2D eigenvalue weighted by atomic mass is 19.3. The maximum atomic E-state index is 13.0. The fourth-order valence-electron chi connectivity index (χ4n) is 2.63. The van der Waals surface area contributed by atoms with Gasteiger partial charge in [-0.3, -0.25) is 9.80 Å². The van der Waals surface area contributed by atoms with Crippen LogP contribution in [0.5, 0.6) is 0 Å². The summed E-state index contributed by atoms with van der Waals surface area (Å²) >= 11 is 0. The predicted octanol–water partition coefficient (Wildman–Crippen LogP) is 1.46. The van der Waals surface area contributed by atoms with Gasteiger partial charge in [0.25, 0.3) is 6.43 Å². The molecule has 5 heteroatoms. The lowest BCUT2D eigenvalue weighted by molar-refractivity contribution is -0.0306. The number of rotatable bonds is 3. The Hall–Kier alpha value is -0.260. The Morgan fingerprint density at radius 3 is 2.59 bits per heavy atom. The molecular weight excluding hydrogens is 226 g/mol. The molecule has 0 spiro atoms. The van der Waals surface area contributed by atoms with Crippen molar-refractivity contribution in [2.24, 2.45) is 5.92 Å². The fourth-order valence-corrected chi connectivity index (χ4v) is 2.63. The second-order valence-electron chi connectivity index (χ2n) is 5.03. The molecule has 0 amide bonds. The molecule has 0 aromatic rings. The topological polar surface area (TPSA) is 15.7 Å². The number of piperazine rings is 1. The van der Waals surface area contributed by atoms with Crippen LogP contribution in [-0.4, -0.2) is 61.7 Å². The number of alkyl halides is 2. The summed E-state index contributed by atoms with van der Waals surface area (Å²) in [5.74, 6) is 0.515. The minimum atomic E-state index is -2.28. The normalized spacial score (nSPS) is 30.0. The van der Waals surface area contributed by atoms with Gasteiger partial charge in [0.15, 0.2) is 0 Å². The smallest absolute Gasteiger partial charge is 0.255 e. The van der Waals surface area contributed by atoms with E-state index in [0.29, 0.717) is 19.0 Å². The van der Waals surface area contributed by atoms with E-state index in [9.17, 15) is 8.78 Å². The molecule has 0 bridgehead atoms. The predicted molar refractivity (Wildman–Crippen MR) is 61.8 cm³/mol. The molecule has 2 aliphatic heterocycles. The molecule has 3 nitrogen and oxygen atoms in total. The third-order valence-electron chi connectivity index (χ3n) is 3.74. The second kappa shape index (κ2) is 6.07. The van der Waals surface area contributed by atoms with Crippen LogP contribution in [0, 0.1) is 13.0 Å². The summed E-state index contributed by atoms with van der Waals surface area (Å²) in [5.41, 5.74) is 0. The van der Waals surface area contributed by atoms with E-state index >= 15 is 0 Å². The highest BCUT2D eigenvalue weighted by molar-refractivity contribution is 4.85. The zero-order valence-electron chi connectivity index (χ0n) is 10.2. The van der Waals surface area contributed by atoms with E-state index in [2.05, 4.69) is 7.05 Å². The van der Waals surface area contributed by atoms with Gasteiger partial charge < -0.3 is 4.74 Å². The molecule has 1 atom stereocenters. The van der Waals surface area contributed by atoms with Gasteiger partial charge in [0.1, 0.15) is 0 Å². The summed E-state index contributed by atoms with van der Waals surface area (Å²) in [6.07, 6.45) is -0.277. The Labute approximate surface area is 102 Å². The van der Waals surface area contributed by atoms with Crippen molar-refractivity contribution in [3.8, 4) is 0 Å². The molecule has 0 aromatic carbocycles. The molecule has 1 unspecified atom stereocenters. The first kappa shape index (κ1) is 13.2. The summed E-state index contributed by atoms with van der Waals surface area (Å²) in [6.45, 7) is 4.20. The van der Waals surface area contributed by atoms with Gasteiger partial charge in [-0.25, -0.2) is 8.78 Å². The van der Waals surface area contributed by atoms with E-state index in [0.717, 1.165) is 39.1 Å². The van der Waals surface area contributed by atoms with Crippen LogP contribution < -0.4 is 0 Å². The van der Waals surface area contributed by atoms with Crippen LogP contribution in [0.1, 0.15) is 12.8 Å². The molecule has 2 rings (SSSR count). The minimum absolute atomic E-state index is 0.376. The lowest BCUT2D eigenvalue weighted by Crippen LogP contribution is -2.55. The standard InChI is InChI=1S/C12H21F2N2O/c1-15-4-5-16(11(9-15)12(13)14)8-10-2-6-17-7-3-10/h10-12H,1-9H2. The SMILES string of the molecule is [CH2]N1CCN(CC2CCOCC2)C(C(F)F)C1. The molecule has 17 heavy (non-hydrogen) atoms. The summed E-state index contributed by atoms with van der Waals surface area (Å²) in [7, 11) is 3.76. The monoisotopic (exact) mass is 247 g/mol. The van der Waals surface area contributed by atoms with Crippen LogP contribution in [0.25, 0.3) is 0 Å². The molecule has 2 saturated heterocycles. The third kappa shape index (κ3) is 3.60. The van der Waals surface area contributed by atoms with Gasteiger partial charge >= 0.3 is 0 Å². The first-order chi connectivity index (χ1) is 8.16.